The fourth-order valence-corrected chi connectivity index (χ4v) is 5.63. The zero-order valence-electron chi connectivity index (χ0n) is 15.5. The smallest absolute Gasteiger partial charge is 0.252 e. The summed E-state index contributed by atoms with van der Waals surface area (Å²) in [6, 6.07) is 8.05. The van der Waals surface area contributed by atoms with Crippen LogP contribution in [0.2, 0.25) is 0 Å². The number of nitrogens with zero attached hydrogens (tertiary/aromatic N) is 3. The van der Waals surface area contributed by atoms with Gasteiger partial charge in [0, 0.05) is 19.7 Å². The van der Waals surface area contributed by atoms with Gasteiger partial charge in [0.2, 0.25) is 0 Å². The van der Waals surface area contributed by atoms with E-state index in [0.29, 0.717) is 35.6 Å². The zero-order chi connectivity index (χ0) is 18.3. The number of imidazole rings is 1. The maximum atomic E-state index is 12.4. The van der Waals surface area contributed by atoms with Crippen molar-refractivity contribution in [2.45, 2.75) is 19.3 Å². The lowest BCUT2D eigenvalue weighted by Crippen LogP contribution is -2.29. The Morgan fingerprint density at radius 3 is 2.61 bits per heavy atom. The number of aliphatic hydroxyl groups excluding tert-OH is 1. The number of piperidine rings is 1. The molecule has 6 rings (SSSR count). The van der Waals surface area contributed by atoms with Gasteiger partial charge in [0.25, 0.3) is 5.91 Å². The molecule has 6 nitrogen and oxygen atoms in total. The summed E-state index contributed by atoms with van der Waals surface area (Å²) in [6.45, 7) is 2.24. The third kappa shape index (κ3) is 2.19. The normalized spacial score (nSPS) is 25.0. The molecule has 0 spiro atoms. The number of primary amides is 1. The lowest BCUT2D eigenvalue weighted by molar-refractivity contribution is 0.100. The van der Waals surface area contributed by atoms with E-state index in [9.17, 15) is 9.90 Å². The highest BCUT2D eigenvalue weighted by atomic mass is 35.5. The summed E-state index contributed by atoms with van der Waals surface area (Å²) in [5.74, 6) is 2.46. The molecule has 1 aromatic carbocycles. The Morgan fingerprint density at radius 2 is 1.89 bits per heavy atom. The number of benzene rings is 1. The monoisotopic (exact) mass is 398 g/mol. The molecule has 1 aliphatic heterocycles. The fraction of sp³-hybridized carbons (Fsp3) is 0.429. The van der Waals surface area contributed by atoms with E-state index in [0.717, 1.165) is 48.9 Å². The van der Waals surface area contributed by atoms with Crippen molar-refractivity contribution in [1.29, 1.82) is 0 Å². The molecule has 3 aliphatic rings. The number of amides is 1. The molecule has 1 saturated heterocycles. The van der Waals surface area contributed by atoms with Crippen molar-refractivity contribution in [1.82, 2.24) is 9.38 Å². The van der Waals surface area contributed by atoms with Gasteiger partial charge in [-0.05, 0) is 60.3 Å². The number of aliphatic hydroxyl groups is 1. The van der Waals surface area contributed by atoms with Crippen LogP contribution < -0.4 is 10.6 Å². The summed E-state index contributed by atoms with van der Waals surface area (Å²) < 4.78 is 2.16. The minimum atomic E-state index is -0.385. The molecular formula is C21H23ClN4O2. The molecule has 28 heavy (non-hydrogen) atoms. The first-order valence-electron chi connectivity index (χ1n) is 9.79. The second kappa shape index (κ2) is 6.09. The number of carbonyl (C=O) groups is 1. The number of nitrogens with two attached hydrogens (primary N) is 1. The van der Waals surface area contributed by atoms with Crippen LogP contribution in [0.1, 0.15) is 27.9 Å². The summed E-state index contributed by atoms with van der Waals surface area (Å²) in [5, 5.41) is 9.52. The molecule has 2 aromatic heterocycles. The third-order valence-corrected chi connectivity index (χ3v) is 6.91. The van der Waals surface area contributed by atoms with Crippen LogP contribution in [0.3, 0.4) is 0 Å². The van der Waals surface area contributed by atoms with Crippen LogP contribution in [0.4, 0.5) is 5.82 Å². The molecule has 3 atom stereocenters. The Labute approximate surface area is 168 Å². The molecule has 1 saturated carbocycles. The van der Waals surface area contributed by atoms with Gasteiger partial charge in [-0.1, -0.05) is 12.1 Å². The number of hydrogen-bond donors (Lipinski definition) is 2. The number of carbonyl (C=O) groups excluding carboxylic acids is 1. The molecule has 146 valence electrons. The SMILES string of the molecule is Cl.NC(=O)c1c2c(c(N3C[C@@H]4C(CO)[C@@H]4C3)n3c1nc1ccccc13)CCC2. The largest absolute Gasteiger partial charge is 0.396 e. The van der Waals surface area contributed by atoms with E-state index in [-0.39, 0.29) is 18.3 Å². The van der Waals surface area contributed by atoms with Crippen LogP contribution in [0.15, 0.2) is 24.3 Å². The van der Waals surface area contributed by atoms with E-state index in [1.807, 2.05) is 18.2 Å². The van der Waals surface area contributed by atoms with Crippen molar-refractivity contribution in [2.75, 3.05) is 24.6 Å². The summed E-state index contributed by atoms with van der Waals surface area (Å²) in [5.41, 5.74) is 11.4. The molecule has 0 radical (unpaired) electrons. The van der Waals surface area contributed by atoms with Gasteiger partial charge in [-0.25, -0.2) is 4.98 Å². The Bertz CT molecular complexity index is 1110. The molecular weight excluding hydrogens is 376 g/mol. The van der Waals surface area contributed by atoms with Crippen molar-refractivity contribution < 1.29 is 9.90 Å². The van der Waals surface area contributed by atoms with E-state index in [2.05, 4.69) is 15.4 Å². The highest BCUT2D eigenvalue weighted by molar-refractivity contribution is 6.03. The number of aromatic nitrogens is 2. The molecule has 3 aromatic rings. The van der Waals surface area contributed by atoms with Crippen LogP contribution in [0, 0.1) is 17.8 Å². The molecule has 3 N–H and O–H groups in total. The minimum absolute atomic E-state index is 0. The number of rotatable bonds is 3. The number of halogens is 1. The Kier molecular flexibility index (Phi) is 3.87. The number of pyridine rings is 1. The number of fused-ring (bicyclic) bond motifs is 5. The first-order valence-corrected chi connectivity index (χ1v) is 9.79. The van der Waals surface area contributed by atoms with Crippen molar-refractivity contribution in [3.63, 3.8) is 0 Å². The summed E-state index contributed by atoms with van der Waals surface area (Å²) in [4.78, 5) is 19.6. The van der Waals surface area contributed by atoms with Gasteiger partial charge in [0.15, 0.2) is 5.65 Å². The van der Waals surface area contributed by atoms with Crippen molar-refractivity contribution >= 4 is 40.8 Å². The van der Waals surface area contributed by atoms with Gasteiger partial charge in [-0.15, -0.1) is 12.4 Å². The summed E-state index contributed by atoms with van der Waals surface area (Å²) >= 11 is 0. The molecule has 1 unspecified atom stereocenters. The second-order valence-corrected chi connectivity index (χ2v) is 8.21. The summed E-state index contributed by atoms with van der Waals surface area (Å²) in [7, 11) is 0. The Hall–Kier alpha value is -2.31. The van der Waals surface area contributed by atoms with E-state index in [1.165, 1.54) is 11.4 Å². The van der Waals surface area contributed by atoms with Crippen LogP contribution >= 0.6 is 12.4 Å². The Balaban J connectivity index is 0.00000171. The van der Waals surface area contributed by atoms with E-state index < -0.39 is 0 Å². The van der Waals surface area contributed by atoms with Crippen LogP contribution in [-0.2, 0) is 12.8 Å². The van der Waals surface area contributed by atoms with Gasteiger partial charge in [-0.2, -0.15) is 0 Å². The topological polar surface area (TPSA) is 83.9 Å². The first-order chi connectivity index (χ1) is 13.2. The predicted octanol–water partition coefficient (Wildman–Crippen LogP) is 2.17. The maximum Gasteiger partial charge on any atom is 0.252 e. The zero-order valence-corrected chi connectivity index (χ0v) is 16.3. The molecule has 2 aliphatic carbocycles. The van der Waals surface area contributed by atoms with Crippen molar-refractivity contribution in [3.05, 3.63) is 41.0 Å². The lowest BCUT2D eigenvalue weighted by Gasteiger charge is -2.27. The second-order valence-electron chi connectivity index (χ2n) is 8.21. The lowest BCUT2D eigenvalue weighted by atomic mass is 10.0. The average Bonchev–Trinajstić information content (AvgIpc) is 3.11. The van der Waals surface area contributed by atoms with Crippen molar-refractivity contribution in [3.8, 4) is 0 Å². The van der Waals surface area contributed by atoms with Crippen molar-refractivity contribution in [2.24, 2.45) is 23.5 Å². The number of hydrogen-bond acceptors (Lipinski definition) is 4. The van der Waals surface area contributed by atoms with E-state index in [4.69, 9.17) is 10.7 Å². The summed E-state index contributed by atoms with van der Waals surface area (Å²) in [6.07, 6.45) is 2.91. The predicted molar refractivity (Wildman–Crippen MR) is 110 cm³/mol. The standard InChI is InChI=1S/C21H22N4O2.ClH/c22-19(27)18-11-4-3-5-12(11)21(24-8-13-14(9-24)15(13)10-26)25-17-7-2-1-6-16(17)23-20(18)25;/h1-2,6-7,13-15,26H,3-5,8-10H2,(H2,22,27);1H/t13-,14+,15?;. The number of para-hydroxylation sites is 2. The third-order valence-electron chi connectivity index (χ3n) is 6.91. The Morgan fingerprint density at radius 1 is 1.18 bits per heavy atom. The van der Waals surface area contributed by atoms with Gasteiger partial charge >= 0.3 is 0 Å². The highest BCUT2D eigenvalue weighted by Crippen LogP contribution is 2.53. The molecule has 7 heteroatoms. The molecule has 0 bridgehead atoms. The van der Waals surface area contributed by atoms with Gasteiger partial charge < -0.3 is 15.7 Å². The maximum absolute atomic E-state index is 12.4. The molecule has 2 fully saturated rings. The average molecular weight is 399 g/mol. The van der Waals surface area contributed by atoms with Gasteiger partial charge in [0.05, 0.1) is 16.6 Å². The van der Waals surface area contributed by atoms with Crippen LogP contribution in [0.5, 0.6) is 0 Å². The van der Waals surface area contributed by atoms with E-state index >= 15 is 0 Å². The number of anilines is 1. The fourth-order valence-electron chi connectivity index (χ4n) is 5.63. The van der Waals surface area contributed by atoms with Crippen LogP contribution in [0.25, 0.3) is 16.7 Å². The minimum Gasteiger partial charge on any atom is -0.396 e. The van der Waals surface area contributed by atoms with Gasteiger partial charge in [-0.3, -0.25) is 9.20 Å². The molecule has 1 amide bonds. The van der Waals surface area contributed by atoms with E-state index in [1.54, 1.807) is 0 Å². The quantitative estimate of drug-likeness (QED) is 0.708. The molecule has 3 heterocycles. The van der Waals surface area contributed by atoms with Crippen LogP contribution in [-0.4, -0.2) is 40.1 Å². The van der Waals surface area contributed by atoms with Gasteiger partial charge in [0.1, 0.15) is 5.82 Å². The highest BCUT2D eigenvalue weighted by Gasteiger charge is 2.55. The first kappa shape index (κ1) is 17.8.